The number of benzene rings is 1. The van der Waals surface area contributed by atoms with Crippen molar-refractivity contribution in [3.05, 3.63) is 35.6 Å². The molecule has 0 radical (unpaired) electrons. The Hall–Kier alpha value is -2.25. The summed E-state index contributed by atoms with van der Waals surface area (Å²) in [6.45, 7) is 2.33. The molecular formula is C18H22FN3O3. The lowest BCUT2D eigenvalue weighted by Crippen LogP contribution is -2.32. The highest BCUT2D eigenvalue weighted by Crippen LogP contribution is 2.31. The predicted octanol–water partition coefficient (Wildman–Crippen LogP) is 1.83. The van der Waals surface area contributed by atoms with Gasteiger partial charge in [0.1, 0.15) is 5.82 Å². The van der Waals surface area contributed by atoms with Gasteiger partial charge in [-0.2, -0.15) is 0 Å². The van der Waals surface area contributed by atoms with Crippen LogP contribution in [0.5, 0.6) is 5.88 Å². The van der Waals surface area contributed by atoms with Crippen molar-refractivity contribution in [3.8, 4) is 5.88 Å². The van der Waals surface area contributed by atoms with Gasteiger partial charge < -0.3 is 20.5 Å². The molecule has 1 unspecified atom stereocenters. The molecule has 1 aromatic carbocycles. The lowest BCUT2D eigenvalue weighted by molar-refractivity contribution is -0.139. The van der Waals surface area contributed by atoms with Crippen molar-refractivity contribution in [2.45, 2.75) is 12.3 Å². The summed E-state index contributed by atoms with van der Waals surface area (Å²) in [5.74, 6) is -1.93. The molecule has 0 saturated carbocycles. The number of carbonyl (C=O) groups is 1. The quantitative estimate of drug-likeness (QED) is 0.829. The second-order valence-electron chi connectivity index (χ2n) is 6.43. The van der Waals surface area contributed by atoms with Gasteiger partial charge in [0, 0.05) is 30.1 Å². The van der Waals surface area contributed by atoms with E-state index in [9.17, 15) is 14.3 Å². The highest BCUT2D eigenvalue weighted by Gasteiger charge is 2.31. The van der Waals surface area contributed by atoms with Crippen molar-refractivity contribution in [1.82, 2.24) is 9.88 Å². The Balaban J connectivity index is 2.01. The highest BCUT2D eigenvalue weighted by atomic mass is 19.1. The minimum absolute atomic E-state index is 0.111. The molecule has 0 spiro atoms. The first kappa shape index (κ1) is 17.6. The molecule has 1 aromatic heterocycles. The van der Waals surface area contributed by atoms with Gasteiger partial charge in [-0.1, -0.05) is 0 Å². The summed E-state index contributed by atoms with van der Waals surface area (Å²) in [4.78, 5) is 18.2. The Morgan fingerprint density at radius 3 is 2.88 bits per heavy atom. The third-order valence-corrected chi connectivity index (χ3v) is 4.82. The van der Waals surface area contributed by atoms with E-state index in [1.165, 1.54) is 13.2 Å². The number of nitrogens with zero attached hydrogens (tertiary/aromatic N) is 2. The molecule has 2 atom stereocenters. The number of aliphatic carboxylic acids is 1. The van der Waals surface area contributed by atoms with Crippen LogP contribution in [0.4, 0.5) is 4.39 Å². The summed E-state index contributed by atoms with van der Waals surface area (Å²) in [5, 5.41) is 10.4. The number of carboxylic acids is 1. The topological polar surface area (TPSA) is 88.7 Å². The van der Waals surface area contributed by atoms with Crippen molar-refractivity contribution in [2.75, 3.05) is 33.3 Å². The largest absolute Gasteiger partial charge is 0.481 e. The van der Waals surface area contributed by atoms with Crippen LogP contribution >= 0.6 is 0 Å². The van der Waals surface area contributed by atoms with Gasteiger partial charge >= 0.3 is 5.97 Å². The number of aromatic nitrogens is 1. The number of ether oxygens (including phenoxy) is 1. The molecule has 0 amide bonds. The van der Waals surface area contributed by atoms with Crippen LogP contribution in [0.15, 0.2) is 24.3 Å². The van der Waals surface area contributed by atoms with Crippen LogP contribution in [-0.2, 0) is 4.79 Å². The lowest BCUT2D eigenvalue weighted by Gasteiger charge is -2.22. The van der Waals surface area contributed by atoms with E-state index in [0.717, 1.165) is 19.5 Å². The van der Waals surface area contributed by atoms with E-state index in [4.69, 9.17) is 10.5 Å². The van der Waals surface area contributed by atoms with Crippen molar-refractivity contribution in [2.24, 2.45) is 11.7 Å². The maximum atomic E-state index is 14.6. The number of hydrogen-bond donors (Lipinski definition) is 2. The Kier molecular flexibility index (Phi) is 5.15. The van der Waals surface area contributed by atoms with Crippen molar-refractivity contribution < 1.29 is 19.0 Å². The molecule has 2 heterocycles. The van der Waals surface area contributed by atoms with E-state index in [1.807, 2.05) is 4.90 Å². The van der Waals surface area contributed by atoms with Crippen LogP contribution in [0.1, 0.15) is 17.9 Å². The molecule has 0 aliphatic carbocycles. The van der Waals surface area contributed by atoms with Gasteiger partial charge in [-0.25, -0.2) is 9.37 Å². The average Bonchev–Trinajstić information content (AvgIpc) is 3.07. The van der Waals surface area contributed by atoms with Crippen LogP contribution in [0.2, 0.25) is 0 Å². The Labute approximate surface area is 145 Å². The summed E-state index contributed by atoms with van der Waals surface area (Å²) in [7, 11) is 1.47. The van der Waals surface area contributed by atoms with E-state index in [-0.39, 0.29) is 12.1 Å². The van der Waals surface area contributed by atoms with Gasteiger partial charge in [0.15, 0.2) is 0 Å². The molecule has 3 rings (SSSR count). The van der Waals surface area contributed by atoms with Gasteiger partial charge in [0.2, 0.25) is 5.88 Å². The minimum Gasteiger partial charge on any atom is -0.481 e. The fraction of sp³-hybridized carbons (Fsp3) is 0.444. The number of rotatable bonds is 6. The fourth-order valence-electron chi connectivity index (χ4n) is 3.44. The third-order valence-electron chi connectivity index (χ3n) is 4.82. The van der Waals surface area contributed by atoms with Crippen LogP contribution in [0.3, 0.4) is 0 Å². The molecule has 0 bridgehead atoms. The molecule has 25 heavy (non-hydrogen) atoms. The fourth-order valence-corrected chi connectivity index (χ4v) is 3.44. The number of fused-ring (bicyclic) bond motifs is 1. The van der Waals surface area contributed by atoms with E-state index in [0.29, 0.717) is 29.2 Å². The molecule has 2 aromatic rings. The van der Waals surface area contributed by atoms with Crippen LogP contribution in [-0.4, -0.2) is 54.2 Å². The maximum Gasteiger partial charge on any atom is 0.312 e. The number of methoxy groups -OCH3 is 1. The Morgan fingerprint density at radius 2 is 2.24 bits per heavy atom. The zero-order chi connectivity index (χ0) is 18.0. The average molecular weight is 347 g/mol. The lowest BCUT2D eigenvalue weighted by atomic mass is 9.95. The monoisotopic (exact) mass is 347 g/mol. The molecule has 1 saturated heterocycles. The first-order chi connectivity index (χ1) is 12.0. The molecule has 7 heteroatoms. The smallest absolute Gasteiger partial charge is 0.312 e. The number of pyridine rings is 1. The van der Waals surface area contributed by atoms with E-state index < -0.39 is 17.7 Å². The first-order valence-electron chi connectivity index (χ1n) is 8.31. The van der Waals surface area contributed by atoms with Crippen LogP contribution in [0, 0.1) is 11.7 Å². The standard InChI is InChI=1S/C18H22FN3O3/c1-25-15-5-3-12-2-4-14(19)16(17(12)21-15)13(18(23)24)10-22-7-6-11(8-20)9-22/h2-5,11,13H,6-10,20H2,1H3,(H,23,24)/t11-,13?/m1/s1. The maximum absolute atomic E-state index is 14.6. The van der Waals surface area contributed by atoms with Crippen LogP contribution in [0.25, 0.3) is 10.9 Å². The van der Waals surface area contributed by atoms with Crippen molar-refractivity contribution in [3.63, 3.8) is 0 Å². The predicted molar refractivity (Wildman–Crippen MR) is 92.2 cm³/mol. The molecule has 1 fully saturated rings. The van der Waals surface area contributed by atoms with E-state index in [2.05, 4.69) is 4.98 Å². The van der Waals surface area contributed by atoms with Crippen molar-refractivity contribution >= 4 is 16.9 Å². The molecule has 6 nitrogen and oxygen atoms in total. The van der Waals surface area contributed by atoms with E-state index >= 15 is 0 Å². The summed E-state index contributed by atoms with van der Waals surface area (Å²) >= 11 is 0. The minimum atomic E-state index is -1.06. The number of nitrogens with two attached hydrogens (primary N) is 1. The molecule has 3 N–H and O–H groups in total. The Morgan fingerprint density at radius 1 is 1.48 bits per heavy atom. The first-order valence-corrected chi connectivity index (χ1v) is 8.31. The molecule has 134 valence electrons. The van der Waals surface area contributed by atoms with Crippen LogP contribution < -0.4 is 10.5 Å². The third kappa shape index (κ3) is 3.57. The molecule has 1 aliphatic rings. The van der Waals surface area contributed by atoms with E-state index in [1.54, 1.807) is 18.2 Å². The van der Waals surface area contributed by atoms with Gasteiger partial charge in [-0.3, -0.25) is 4.79 Å². The van der Waals surface area contributed by atoms with Gasteiger partial charge in [0.25, 0.3) is 0 Å². The zero-order valence-corrected chi connectivity index (χ0v) is 14.1. The summed E-state index contributed by atoms with van der Waals surface area (Å²) in [6.07, 6.45) is 0.937. The molecular weight excluding hydrogens is 325 g/mol. The van der Waals surface area contributed by atoms with Crippen molar-refractivity contribution in [1.29, 1.82) is 0 Å². The summed E-state index contributed by atoms with van der Waals surface area (Å²) < 4.78 is 19.7. The van der Waals surface area contributed by atoms with Gasteiger partial charge in [-0.05, 0) is 43.6 Å². The van der Waals surface area contributed by atoms with Gasteiger partial charge in [-0.15, -0.1) is 0 Å². The second kappa shape index (κ2) is 7.33. The van der Waals surface area contributed by atoms with Gasteiger partial charge in [0.05, 0.1) is 18.5 Å². The number of halogens is 1. The number of likely N-dealkylation sites (tertiary alicyclic amines) is 1. The molecule has 1 aliphatic heterocycles. The Bertz CT molecular complexity index is 783. The normalized spacial score (nSPS) is 19.2. The summed E-state index contributed by atoms with van der Waals surface area (Å²) in [6, 6.07) is 6.32. The highest BCUT2D eigenvalue weighted by molar-refractivity contribution is 5.88. The second-order valence-corrected chi connectivity index (χ2v) is 6.43. The number of carboxylic acid groups (broad SMARTS) is 1. The number of hydrogen-bond acceptors (Lipinski definition) is 5. The SMILES string of the molecule is COc1ccc2ccc(F)c(C(CN3CC[C@H](CN)C3)C(=O)O)c2n1. The summed E-state index contributed by atoms with van der Waals surface area (Å²) in [5.41, 5.74) is 6.15. The zero-order valence-electron chi connectivity index (χ0n) is 14.1.